The average molecular weight is 389 g/mol. The Morgan fingerprint density at radius 1 is 0.964 bits per heavy atom. The maximum atomic E-state index is 12.3. The van der Waals surface area contributed by atoms with Crippen molar-refractivity contribution < 1.29 is 19.8 Å². The molecule has 1 aromatic carbocycles. The molecule has 1 aromatic rings. The first-order valence-corrected chi connectivity index (χ1v) is 10.2. The van der Waals surface area contributed by atoms with Gasteiger partial charge in [0.15, 0.2) is 0 Å². The number of aliphatic hydroxyl groups is 1. The van der Waals surface area contributed by atoms with Crippen LogP contribution in [0.1, 0.15) is 41.6 Å². The third-order valence-electron chi connectivity index (χ3n) is 5.83. The maximum Gasteiger partial charge on any atom is 0.306 e. The summed E-state index contributed by atoms with van der Waals surface area (Å²) in [6.45, 7) is 5.57. The van der Waals surface area contributed by atoms with Crippen LogP contribution in [0.15, 0.2) is 24.3 Å². The first-order valence-electron chi connectivity index (χ1n) is 10.2. The van der Waals surface area contributed by atoms with Gasteiger partial charge < -0.3 is 20.4 Å². The molecule has 2 fully saturated rings. The van der Waals surface area contributed by atoms with Gasteiger partial charge in [0, 0.05) is 38.3 Å². The van der Waals surface area contributed by atoms with Gasteiger partial charge in [-0.3, -0.25) is 14.5 Å². The molecule has 2 saturated heterocycles. The second kappa shape index (κ2) is 10.0. The van der Waals surface area contributed by atoms with E-state index < -0.39 is 5.97 Å². The van der Waals surface area contributed by atoms with Crippen molar-refractivity contribution in [1.29, 1.82) is 0 Å². The molecule has 0 spiro atoms. The number of amides is 1. The molecular weight excluding hydrogens is 358 g/mol. The molecule has 3 N–H and O–H groups in total. The minimum atomic E-state index is -0.687. The van der Waals surface area contributed by atoms with E-state index in [1.54, 1.807) is 0 Å². The van der Waals surface area contributed by atoms with Crippen molar-refractivity contribution in [3.05, 3.63) is 35.4 Å². The number of carboxylic acids is 1. The minimum Gasteiger partial charge on any atom is -0.481 e. The lowest BCUT2D eigenvalue weighted by atomic mass is 9.97. The largest absolute Gasteiger partial charge is 0.481 e. The second-order valence-electron chi connectivity index (χ2n) is 7.91. The average Bonchev–Trinajstić information content (AvgIpc) is 2.70. The molecule has 2 aliphatic rings. The molecule has 0 unspecified atom stereocenters. The zero-order valence-electron chi connectivity index (χ0n) is 16.3. The zero-order chi connectivity index (χ0) is 19.9. The molecule has 0 aliphatic carbocycles. The van der Waals surface area contributed by atoms with E-state index in [2.05, 4.69) is 15.1 Å². The van der Waals surface area contributed by atoms with Gasteiger partial charge in [0.1, 0.15) is 0 Å². The van der Waals surface area contributed by atoms with Crippen LogP contribution in [0.3, 0.4) is 0 Å². The number of aliphatic carboxylic acids is 1. The summed E-state index contributed by atoms with van der Waals surface area (Å²) in [7, 11) is 0. The monoisotopic (exact) mass is 389 g/mol. The Kier molecular flexibility index (Phi) is 7.42. The predicted octanol–water partition coefficient (Wildman–Crippen LogP) is 1.17. The Balaban J connectivity index is 1.39. The first kappa shape index (κ1) is 20.8. The molecule has 7 heteroatoms. The smallest absolute Gasteiger partial charge is 0.306 e. The number of carbonyl (C=O) groups is 2. The highest BCUT2D eigenvalue weighted by Gasteiger charge is 2.24. The number of aliphatic hydroxyl groups excluding tert-OH is 1. The summed E-state index contributed by atoms with van der Waals surface area (Å²) in [6.07, 6.45) is 2.84. The summed E-state index contributed by atoms with van der Waals surface area (Å²) in [6, 6.07) is 7.66. The molecule has 0 radical (unpaired) electrons. The number of carboxylic acid groups (broad SMARTS) is 1. The van der Waals surface area contributed by atoms with E-state index >= 15 is 0 Å². The number of piperidine rings is 2. The lowest BCUT2D eigenvalue weighted by Crippen LogP contribution is -2.40. The fourth-order valence-corrected chi connectivity index (χ4v) is 3.93. The van der Waals surface area contributed by atoms with Gasteiger partial charge in [0.2, 0.25) is 0 Å². The third-order valence-corrected chi connectivity index (χ3v) is 5.83. The van der Waals surface area contributed by atoms with Crippen LogP contribution in [-0.4, -0.2) is 77.3 Å². The Morgan fingerprint density at radius 3 is 2.18 bits per heavy atom. The van der Waals surface area contributed by atoms with Crippen molar-refractivity contribution in [3.63, 3.8) is 0 Å². The van der Waals surface area contributed by atoms with E-state index in [0.717, 1.165) is 57.7 Å². The molecule has 0 bridgehead atoms. The molecular formula is C21H31N3O4. The van der Waals surface area contributed by atoms with E-state index in [1.807, 2.05) is 24.3 Å². The van der Waals surface area contributed by atoms with Crippen LogP contribution in [-0.2, 0) is 11.3 Å². The second-order valence-corrected chi connectivity index (χ2v) is 7.91. The van der Waals surface area contributed by atoms with Gasteiger partial charge in [-0.2, -0.15) is 0 Å². The van der Waals surface area contributed by atoms with Crippen molar-refractivity contribution in [2.24, 2.45) is 5.92 Å². The quantitative estimate of drug-likeness (QED) is 0.648. The van der Waals surface area contributed by atoms with Gasteiger partial charge in [0.05, 0.1) is 12.0 Å². The standard InChI is InChI=1S/C21H31N3O4/c25-19-7-12-23(13-8-19)14-9-22-20(26)17-3-1-16(2-4-17)15-24-10-5-18(6-11-24)21(27)28/h1-4,18-19,25H,5-15H2,(H,22,26)(H,27,28). The van der Waals surface area contributed by atoms with Crippen molar-refractivity contribution in [1.82, 2.24) is 15.1 Å². The number of likely N-dealkylation sites (tertiary alicyclic amines) is 2. The van der Waals surface area contributed by atoms with Crippen LogP contribution in [0.25, 0.3) is 0 Å². The van der Waals surface area contributed by atoms with Crippen LogP contribution < -0.4 is 5.32 Å². The fourth-order valence-electron chi connectivity index (χ4n) is 3.93. The molecule has 7 nitrogen and oxygen atoms in total. The predicted molar refractivity (Wildman–Crippen MR) is 106 cm³/mol. The molecule has 2 heterocycles. The highest BCUT2D eigenvalue weighted by Crippen LogP contribution is 2.19. The maximum absolute atomic E-state index is 12.3. The third kappa shape index (κ3) is 6.02. The molecule has 0 aromatic heterocycles. The van der Waals surface area contributed by atoms with Crippen molar-refractivity contribution in [2.75, 3.05) is 39.3 Å². The first-order chi connectivity index (χ1) is 13.5. The Labute approximate surface area is 166 Å². The topological polar surface area (TPSA) is 93.1 Å². The summed E-state index contributed by atoms with van der Waals surface area (Å²) in [5.74, 6) is -0.962. The number of hydrogen-bond acceptors (Lipinski definition) is 5. The van der Waals surface area contributed by atoms with Gasteiger partial charge in [-0.15, -0.1) is 0 Å². The summed E-state index contributed by atoms with van der Waals surface area (Å²) in [5.41, 5.74) is 1.79. The zero-order valence-corrected chi connectivity index (χ0v) is 16.3. The van der Waals surface area contributed by atoms with Gasteiger partial charge >= 0.3 is 5.97 Å². The normalized spacial score (nSPS) is 20.2. The van der Waals surface area contributed by atoms with E-state index in [-0.39, 0.29) is 17.9 Å². The molecule has 154 valence electrons. The Bertz CT molecular complexity index is 648. The summed E-state index contributed by atoms with van der Waals surface area (Å²) in [5, 5.41) is 21.6. The number of carbonyl (C=O) groups excluding carboxylic acids is 1. The number of benzene rings is 1. The SMILES string of the molecule is O=C(NCCN1CCC(O)CC1)c1ccc(CN2CCC(C(=O)O)CC2)cc1. The van der Waals surface area contributed by atoms with Crippen LogP contribution in [0.4, 0.5) is 0 Å². The highest BCUT2D eigenvalue weighted by molar-refractivity contribution is 5.94. The molecule has 0 saturated carbocycles. The Hall–Kier alpha value is -1.96. The highest BCUT2D eigenvalue weighted by atomic mass is 16.4. The van der Waals surface area contributed by atoms with Crippen LogP contribution in [0, 0.1) is 5.92 Å². The van der Waals surface area contributed by atoms with Gasteiger partial charge in [-0.05, 0) is 56.5 Å². The van der Waals surface area contributed by atoms with Gasteiger partial charge in [-0.1, -0.05) is 12.1 Å². The molecule has 2 aliphatic heterocycles. The van der Waals surface area contributed by atoms with Crippen LogP contribution in [0.2, 0.25) is 0 Å². The minimum absolute atomic E-state index is 0.0640. The van der Waals surface area contributed by atoms with Crippen molar-refractivity contribution in [3.8, 4) is 0 Å². The van der Waals surface area contributed by atoms with Gasteiger partial charge in [0.25, 0.3) is 5.91 Å². The van der Waals surface area contributed by atoms with E-state index in [4.69, 9.17) is 5.11 Å². The molecule has 0 atom stereocenters. The number of rotatable bonds is 7. The number of nitrogens with one attached hydrogen (secondary N) is 1. The summed E-state index contributed by atoms with van der Waals surface area (Å²) in [4.78, 5) is 27.9. The molecule has 3 rings (SSSR count). The molecule has 28 heavy (non-hydrogen) atoms. The molecule has 1 amide bonds. The Morgan fingerprint density at radius 2 is 1.57 bits per heavy atom. The van der Waals surface area contributed by atoms with Crippen molar-refractivity contribution in [2.45, 2.75) is 38.3 Å². The van der Waals surface area contributed by atoms with Crippen molar-refractivity contribution >= 4 is 11.9 Å². The lowest BCUT2D eigenvalue weighted by molar-refractivity contribution is -0.143. The van der Waals surface area contributed by atoms with Crippen LogP contribution >= 0.6 is 0 Å². The van der Waals surface area contributed by atoms with E-state index in [0.29, 0.717) is 24.9 Å². The van der Waals surface area contributed by atoms with Crippen LogP contribution in [0.5, 0.6) is 0 Å². The number of hydrogen-bond donors (Lipinski definition) is 3. The van der Waals surface area contributed by atoms with E-state index in [1.165, 1.54) is 0 Å². The van der Waals surface area contributed by atoms with Gasteiger partial charge in [-0.25, -0.2) is 0 Å². The summed E-state index contributed by atoms with van der Waals surface area (Å²) < 4.78 is 0. The summed E-state index contributed by atoms with van der Waals surface area (Å²) >= 11 is 0. The van der Waals surface area contributed by atoms with E-state index in [9.17, 15) is 14.7 Å². The number of nitrogens with zero attached hydrogens (tertiary/aromatic N) is 2. The lowest BCUT2D eigenvalue weighted by Gasteiger charge is -2.30. The fraction of sp³-hybridized carbons (Fsp3) is 0.619.